The van der Waals surface area contributed by atoms with Crippen LogP contribution in [0.25, 0.3) is 6.08 Å². The number of hydrogen-bond donors (Lipinski definition) is 0. The molecule has 43 heavy (non-hydrogen) atoms. The van der Waals surface area contributed by atoms with Crippen molar-refractivity contribution in [2.45, 2.75) is 51.9 Å². The van der Waals surface area contributed by atoms with Crippen LogP contribution in [-0.2, 0) is 17.9 Å². The topological polar surface area (TPSA) is 48.9 Å². The molecule has 0 saturated carbocycles. The summed E-state index contributed by atoms with van der Waals surface area (Å²) in [4.78, 5) is 24.6. The average Bonchev–Trinajstić information content (AvgIpc) is 3.04. The molecule has 1 amide bonds. The molecule has 0 atom stereocenters. The van der Waals surface area contributed by atoms with Gasteiger partial charge in [-0.05, 0) is 85.9 Å². The molecule has 3 aromatic carbocycles. The highest BCUT2D eigenvalue weighted by atomic mass is 16.5. The number of carbonyl (C=O) groups excluding carboxylic acids is 1. The number of benzene rings is 3. The predicted molar refractivity (Wildman–Crippen MR) is 175 cm³/mol. The molecular formula is C37H42N4O2. The van der Waals surface area contributed by atoms with Crippen LogP contribution in [0.2, 0.25) is 0 Å². The Morgan fingerprint density at radius 2 is 1.53 bits per heavy atom. The van der Waals surface area contributed by atoms with Gasteiger partial charge in [-0.15, -0.1) is 0 Å². The predicted octanol–water partition coefficient (Wildman–Crippen LogP) is 7.34. The molecule has 222 valence electrons. The number of pyridine rings is 1. The van der Waals surface area contributed by atoms with E-state index in [1.165, 1.54) is 5.56 Å². The minimum Gasteiger partial charge on any atom is -0.491 e. The molecule has 2 heterocycles. The second-order valence-corrected chi connectivity index (χ2v) is 11.5. The largest absolute Gasteiger partial charge is 0.491 e. The molecule has 1 fully saturated rings. The van der Waals surface area contributed by atoms with Crippen LogP contribution < -0.4 is 9.64 Å². The van der Waals surface area contributed by atoms with Gasteiger partial charge in [0.25, 0.3) is 0 Å². The first kappa shape index (κ1) is 30.1. The van der Waals surface area contributed by atoms with Gasteiger partial charge in [0.15, 0.2) is 0 Å². The summed E-state index contributed by atoms with van der Waals surface area (Å²) in [6.07, 6.45) is 9.27. The second-order valence-electron chi connectivity index (χ2n) is 11.5. The molecule has 0 spiro atoms. The molecule has 1 aliphatic rings. The van der Waals surface area contributed by atoms with Crippen LogP contribution in [0.5, 0.6) is 5.75 Å². The summed E-state index contributed by atoms with van der Waals surface area (Å²) in [5, 5.41) is 0. The Bertz CT molecular complexity index is 1450. The molecule has 1 aliphatic heterocycles. The molecule has 1 saturated heterocycles. The van der Waals surface area contributed by atoms with E-state index in [1.54, 1.807) is 18.5 Å². The summed E-state index contributed by atoms with van der Waals surface area (Å²) in [6, 6.07) is 31.2. The van der Waals surface area contributed by atoms with Crippen molar-refractivity contribution in [2.24, 2.45) is 0 Å². The molecule has 0 bridgehead atoms. The van der Waals surface area contributed by atoms with Crippen molar-refractivity contribution in [3.05, 3.63) is 126 Å². The Morgan fingerprint density at radius 3 is 2.19 bits per heavy atom. The lowest BCUT2D eigenvalue weighted by molar-refractivity contribution is -0.130. The van der Waals surface area contributed by atoms with Crippen molar-refractivity contribution in [1.82, 2.24) is 14.8 Å². The number of aromatic nitrogens is 1. The number of ether oxygens (including phenoxy) is 1. The van der Waals surface area contributed by atoms with Gasteiger partial charge < -0.3 is 14.5 Å². The highest BCUT2D eigenvalue weighted by molar-refractivity contribution is 5.92. The van der Waals surface area contributed by atoms with E-state index in [1.807, 2.05) is 56.3 Å². The van der Waals surface area contributed by atoms with Crippen molar-refractivity contribution < 1.29 is 9.53 Å². The third kappa shape index (κ3) is 8.55. The normalized spacial score (nSPS) is 14.2. The molecule has 6 heteroatoms. The van der Waals surface area contributed by atoms with Gasteiger partial charge in [0.1, 0.15) is 5.75 Å². The van der Waals surface area contributed by atoms with Gasteiger partial charge in [0.05, 0.1) is 6.10 Å². The fourth-order valence-corrected chi connectivity index (χ4v) is 5.55. The number of hydrogen-bond acceptors (Lipinski definition) is 5. The van der Waals surface area contributed by atoms with E-state index >= 15 is 0 Å². The van der Waals surface area contributed by atoms with Gasteiger partial charge in [-0.1, -0.05) is 54.6 Å². The van der Waals surface area contributed by atoms with E-state index < -0.39 is 0 Å². The van der Waals surface area contributed by atoms with Gasteiger partial charge in [-0.25, -0.2) is 0 Å². The van der Waals surface area contributed by atoms with Crippen molar-refractivity contribution >= 4 is 23.4 Å². The Hall–Kier alpha value is -4.42. The summed E-state index contributed by atoms with van der Waals surface area (Å²) < 4.78 is 5.76. The summed E-state index contributed by atoms with van der Waals surface area (Å²) in [6.45, 7) is 7.50. The van der Waals surface area contributed by atoms with E-state index in [9.17, 15) is 4.79 Å². The summed E-state index contributed by atoms with van der Waals surface area (Å²) in [7, 11) is 2.05. The summed E-state index contributed by atoms with van der Waals surface area (Å²) in [5.41, 5.74) is 5.60. The second kappa shape index (κ2) is 14.7. The maximum Gasteiger partial charge on any atom is 0.247 e. The number of anilines is 2. The zero-order chi connectivity index (χ0) is 30.0. The molecule has 0 radical (unpaired) electrons. The zero-order valence-corrected chi connectivity index (χ0v) is 25.5. The molecule has 4 aromatic rings. The highest BCUT2D eigenvalue weighted by Gasteiger charge is 2.27. The van der Waals surface area contributed by atoms with E-state index in [4.69, 9.17) is 4.74 Å². The minimum atomic E-state index is 0.0435. The molecular weight excluding hydrogens is 532 g/mol. The number of nitrogens with zero attached hydrogens (tertiary/aromatic N) is 4. The maximum atomic E-state index is 13.8. The smallest absolute Gasteiger partial charge is 0.247 e. The zero-order valence-electron chi connectivity index (χ0n) is 25.5. The maximum absolute atomic E-state index is 13.8. The first-order valence-electron chi connectivity index (χ1n) is 15.2. The first-order chi connectivity index (χ1) is 20.9. The lowest BCUT2D eigenvalue weighted by atomic mass is 10.0. The van der Waals surface area contributed by atoms with Crippen LogP contribution in [-0.4, -0.2) is 53.0 Å². The number of piperidine rings is 1. The number of rotatable bonds is 11. The van der Waals surface area contributed by atoms with Crippen LogP contribution in [0.4, 0.5) is 11.4 Å². The van der Waals surface area contributed by atoms with Crippen LogP contribution in [0.3, 0.4) is 0 Å². The van der Waals surface area contributed by atoms with E-state index in [2.05, 4.69) is 81.3 Å². The summed E-state index contributed by atoms with van der Waals surface area (Å²) in [5.74, 6) is 0.877. The van der Waals surface area contributed by atoms with Crippen molar-refractivity contribution in [1.29, 1.82) is 0 Å². The minimum absolute atomic E-state index is 0.0435. The number of carbonyl (C=O) groups is 1. The van der Waals surface area contributed by atoms with Gasteiger partial charge in [0.2, 0.25) is 5.91 Å². The molecule has 6 nitrogen and oxygen atoms in total. The number of likely N-dealkylation sites (tertiary alicyclic amines) is 1. The summed E-state index contributed by atoms with van der Waals surface area (Å²) >= 11 is 0. The molecule has 0 unspecified atom stereocenters. The fraction of sp³-hybridized carbons (Fsp3) is 0.297. The molecule has 5 rings (SSSR count). The molecule has 1 aromatic heterocycles. The van der Waals surface area contributed by atoms with Crippen LogP contribution in [0, 0.1) is 0 Å². The molecule has 0 N–H and O–H groups in total. The quantitative estimate of drug-likeness (QED) is 0.175. The van der Waals surface area contributed by atoms with E-state index in [-0.39, 0.29) is 18.1 Å². The van der Waals surface area contributed by atoms with Gasteiger partial charge >= 0.3 is 0 Å². The Labute approximate surface area is 256 Å². The third-order valence-electron chi connectivity index (χ3n) is 7.93. The average molecular weight is 575 g/mol. The van der Waals surface area contributed by atoms with Crippen LogP contribution >= 0.6 is 0 Å². The molecule has 0 aliphatic carbocycles. The monoisotopic (exact) mass is 574 g/mol. The van der Waals surface area contributed by atoms with E-state index in [0.29, 0.717) is 6.54 Å². The van der Waals surface area contributed by atoms with E-state index in [0.717, 1.165) is 60.7 Å². The number of amides is 1. The first-order valence-corrected chi connectivity index (χ1v) is 15.2. The van der Waals surface area contributed by atoms with Gasteiger partial charge in [-0.3, -0.25) is 14.7 Å². The Balaban J connectivity index is 1.28. The Kier molecular flexibility index (Phi) is 10.2. The van der Waals surface area contributed by atoms with Crippen molar-refractivity contribution in [3.63, 3.8) is 0 Å². The van der Waals surface area contributed by atoms with Crippen LogP contribution in [0.1, 0.15) is 43.4 Å². The van der Waals surface area contributed by atoms with Crippen molar-refractivity contribution in [2.75, 3.05) is 25.0 Å². The van der Waals surface area contributed by atoms with Gasteiger partial charge in [0, 0.05) is 69.1 Å². The van der Waals surface area contributed by atoms with Crippen LogP contribution in [0.15, 0.2) is 109 Å². The fourth-order valence-electron chi connectivity index (χ4n) is 5.55. The Morgan fingerprint density at radius 1 is 0.884 bits per heavy atom. The SMILES string of the molecule is CC(C)Oc1ccc(C=CC(=O)N(Cc2ccc(N(C)c3ccncc3)cc2)C2CCN(Cc3ccccc3)CC2)cc1. The van der Waals surface area contributed by atoms with Gasteiger partial charge in [-0.2, -0.15) is 0 Å². The lowest BCUT2D eigenvalue weighted by Crippen LogP contribution is -2.46. The standard InChI is InChI=1S/C37H42N4O2/c1-29(2)43-36-16-11-30(12-17-36)13-18-37(42)41(35-21-25-40(26-22-35)27-31-7-5-4-6-8-31)28-32-9-14-33(15-10-32)39(3)34-19-23-38-24-20-34/h4-20,23-24,29,35H,21-22,25-28H2,1-3H3. The highest BCUT2D eigenvalue weighted by Crippen LogP contribution is 2.25. The van der Waals surface area contributed by atoms with Crippen molar-refractivity contribution in [3.8, 4) is 5.75 Å². The third-order valence-corrected chi connectivity index (χ3v) is 7.93. The lowest BCUT2D eigenvalue weighted by Gasteiger charge is -2.38.